The highest BCUT2D eigenvalue weighted by Gasteiger charge is 2.58. The number of ether oxygens (including phenoxy) is 4. The van der Waals surface area contributed by atoms with Gasteiger partial charge in [-0.1, -0.05) is 0 Å². The van der Waals surface area contributed by atoms with Crippen LogP contribution in [0.4, 0.5) is 0 Å². The third-order valence-corrected chi connectivity index (χ3v) is 2.73. The van der Waals surface area contributed by atoms with Crippen molar-refractivity contribution in [2.45, 2.75) is 11.9 Å². The molecule has 8 heteroatoms. The van der Waals surface area contributed by atoms with Crippen LogP contribution < -0.4 is 0 Å². The average molecular weight is 264 g/mol. The SMILES string of the molecule is CON1C=CC(OC)(OC)N(OC)C1(OC)OC. The molecule has 0 aliphatic carbocycles. The van der Waals surface area contributed by atoms with Gasteiger partial charge in [0.2, 0.25) is 0 Å². The van der Waals surface area contributed by atoms with Crippen molar-refractivity contribution in [3.63, 3.8) is 0 Å². The maximum atomic E-state index is 5.36. The van der Waals surface area contributed by atoms with Gasteiger partial charge in [-0.2, -0.15) is 5.06 Å². The van der Waals surface area contributed by atoms with E-state index in [-0.39, 0.29) is 0 Å². The van der Waals surface area contributed by atoms with E-state index < -0.39 is 11.9 Å². The molecule has 0 aromatic carbocycles. The lowest BCUT2D eigenvalue weighted by atomic mass is 10.3. The van der Waals surface area contributed by atoms with Crippen LogP contribution in [0.5, 0.6) is 0 Å². The fourth-order valence-corrected chi connectivity index (χ4v) is 1.84. The molecule has 1 rings (SSSR count). The van der Waals surface area contributed by atoms with Crippen LogP contribution in [0.1, 0.15) is 0 Å². The van der Waals surface area contributed by atoms with Gasteiger partial charge in [0.05, 0.1) is 14.2 Å². The zero-order valence-corrected chi connectivity index (χ0v) is 11.5. The third kappa shape index (κ3) is 2.01. The summed E-state index contributed by atoms with van der Waals surface area (Å²) in [6, 6.07) is -1.48. The lowest BCUT2D eigenvalue weighted by molar-refractivity contribution is -0.549. The van der Waals surface area contributed by atoms with Crippen LogP contribution in [0, 0.1) is 0 Å². The van der Waals surface area contributed by atoms with Gasteiger partial charge in [-0.25, -0.2) is 0 Å². The zero-order chi connectivity index (χ0) is 13.8. The van der Waals surface area contributed by atoms with Crippen molar-refractivity contribution in [3.05, 3.63) is 12.3 Å². The first-order valence-electron chi connectivity index (χ1n) is 5.18. The topological polar surface area (TPSA) is 61.9 Å². The Morgan fingerprint density at radius 1 is 0.778 bits per heavy atom. The molecule has 0 radical (unpaired) electrons. The average Bonchev–Trinajstić information content (AvgIpc) is 2.44. The Morgan fingerprint density at radius 2 is 1.33 bits per heavy atom. The highest BCUT2D eigenvalue weighted by Crippen LogP contribution is 2.36. The summed E-state index contributed by atoms with van der Waals surface area (Å²) in [5.74, 6) is -1.30. The summed E-state index contributed by atoms with van der Waals surface area (Å²) in [5, 5.41) is 2.55. The van der Waals surface area contributed by atoms with Gasteiger partial charge in [-0.05, 0) is 5.06 Å². The summed E-state index contributed by atoms with van der Waals surface area (Å²) in [7, 11) is 8.73. The molecule has 8 nitrogen and oxygen atoms in total. The second-order valence-electron chi connectivity index (χ2n) is 3.30. The molecule has 1 aliphatic heterocycles. The molecule has 0 bridgehead atoms. The minimum atomic E-state index is -1.48. The van der Waals surface area contributed by atoms with Gasteiger partial charge in [-0.15, -0.1) is 0 Å². The molecule has 0 saturated heterocycles. The van der Waals surface area contributed by atoms with Crippen molar-refractivity contribution in [2.75, 3.05) is 42.7 Å². The number of hydroxylamine groups is 4. The predicted molar refractivity (Wildman–Crippen MR) is 60.3 cm³/mol. The van der Waals surface area contributed by atoms with Crippen LogP contribution in [0.25, 0.3) is 0 Å². The summed E-state index contributed by atoms with van der Waals surface area (Å²) in [6.45, 7) is 0. The van der Waals surface area contributed by atoms with Crippen molar-refractivity contribution >= 4 is 0 Å². The number of hydrogen-bond acceptors (Lipinski definition) is 8. The van der Waals surface area contributed by atoms with E-state index in [0.717, 1.165) is 0 Å². The molecular formula is C10H20N2O6. The molecule has 1 aliphatic rings. The Balaban J connectivity index is 3.31. The first kappa shape index (κ1) is 15.3. The van der Waals surface area contributed by atoms with Gasteiger partial charge >= 0.3 is 6.03 Å². The Morgan fingerprint density at radius 3 is 1.67 bits per heavy atom. The van der Waals surface area contributed by atoms with Gasteiger partial charge in [0.15, 0.2) is 0 Å². The first-order valence-corrected chi connectivity index (χ1v) is 5.18. The minimum absolute atomic E-state index is 1.24. The second-order valence-corrected chi connectivity index (χ2v) is 3.30. The molecule has 0 aromatic heterocycles. The minimum Gasteiger partial charge on any atom is -0.336 e. The number of nitrogens with zero attached hydrogens (tertiary/aromatic N) is 2. The fourth-order valence-electron chi connectivity index (χ4n) is 1.84. The second kappa shape index (κ2) is 5.93. The van der Waals surface area contributed by atoms with Crippen LogP contribution in [0.2, 0.25) is 0 Å². The van der Waals surface area contributed by atoms with Crippen molar-refractivity contribution < 1.29 is 28.6 Å². The predicted octanol–water partition coefficient (Wildman–Crippen LogP) is 0.0912. The van der Waals surface area contributed by atoms with E-state index in [1.807, 2.05) is 0 Å². The normalized spacial score (nSPS) is 22.4. The van der Waals surface area contributed by atoms with Crippen LogP contribution in [0.15, 0.2) is 12.3 Å². The third-order valence-electron chi connectivity index (χ3n) is 2.73. The lowest BCUT2D eigenvalue weighted by Gasteiger charge is -2.51. The molecule has 0 unspecified atom stereocenters. The molecule has 0 spiro atoms. The molecular weight excluding hydrogens is 244 g/mol. The number of hydrogen-bond donors (Lipinski definition) is 0. The Bertz CT molecular complexity index is 290. The van der Waals surface area contributed by atoms with Crippen LogP contribution >= 0.6 is 0 Å². The van der Waals surface area contributed by atoms with Gasteiger partial charge in [-0.3, -0.25) is 9.68 Å². The molecule has 1 heterocycles. The van der Waals surface area contributed by atoms with E-state index in [9.17, 15) is 0 Å². The highest BCUT2D eigenvalue weighted by molar-refractivity contribution is 5.00. The quantitative estimate of drug-likeness (QED) is 0.626. The summed E-state index contributed by atoms with van der Waals surface area (Å²) in [6.07, 6.45) is 3.16. The monoisotopic (exact) mass is 264 g/mol. The Hall–Kier alpha value is -0.740. The molecule has 0 N–H and O–H groups in total. The van der Waals surface area contributed by atoms with E-state index in [2.05, 4.69) is 0 Å². The standard InChI is InChI=1S/C10H20N2O6/c1-13-9(14-2)7-8-11(17-5)10(15-3,16-4)12(9)18-6/h7-8H,1-6H3. The Kier molecular flexibility index (Phi) is 5.05. The largest absolute Gasteiger partial charge is 0.369 e. The van der Waals surface area contributed by atoms with Crippen LogP contribution in [-0.2, 0) is 28.6 Å². The van der Waals surface area contributed by atoms with Crippen LogP contribution in [0.3, 0.4) is 0 Å². The maximum Gasteiger partial charge on any atom is 0.369 e. The molecule has 0 aromatic rings. The smallest absolute Gasteiger partial charge is 0.336 e. The first-order chi connectivity index (χ1) is 8.60. The van der Waals surface area contributed by atoms with Crippen molar-refractivity contribution in [3.8, 4) is 0 Å². The molecule has 0 fully saturated rings. The van der Waals surface area contributed by atoms with Gasteiger partial charge in [0.25, 0.3) is 5.91 Å². The van der Waals surface area contributed by atoms with Gasteiger partial charge in [0, 0.05) is 40.7 Å². The number of methoxy groups -OCH3 is 4. The Labute approximate surface area is 106 Å². The van der Waals surface area contributed by atoms with E-state index in [1.54, 1.807) is 12.3 Å². The molecule has 18 heavy (non-hydrogen) atoms. The summed E-state index contributed by atoms with van der Waals surface area (Å²) >= 11 is 0. The molecule has 0 saturated carbocycles. The number of rotatable bonds is 6. The van der Waals surface area contributed by atoms with Crippen LogP contribution in [-0.4, -0.2) is 64.7 Å². The van der Waals surface area contributed by atoms with Crippen molar-refractivity contribution in [2.24, 2.45) is 0 Å². The zero-order valence-electron chi connectivity index (χ0n) is 11.5. The van der Waals surface area contributed by atoms with Gasteiger partial charge < -0.3 is 18.9 Å². The molecule has 0 atom stereocenters. The van der Waals surface area contributed by atoms with E-state index in [1.165, 1.54) is 52.8 Å². The van der Waals surface area contributed by atoms with E-state index in [4.69, 9.17) is 28.6 Å². The van der Waals surface area contributed by atoms with E-state index >= 15 is 0 Å². The maximum absolute atomic E-state index is 5.36. The molecule has 106 valence electrons. The van der Waals surface area contributed by atoms with Gasteiger partial charge in [0.1, 0.15) is 0 Å². The fraction of sp³-hybridized carbons (Fsp3) is 0.800. The van der Waals surface area contributed by atoms with Crippen molar-refractivity contribution in [1.82, 2.24) is 10.1 Å². The summed E-state index contributed by atoms with van der Waals surface area (Å²) < 4.78 is 21.4. The lowest BCUT2D eigenvalue weighted by Crippen LogP contribution is -2.71. The summed E-state index contributed by atoms with van der Waals surface area (Å²) in [5.41, 5.74) is 0. The molecule has 0 amide bonds. The summed E-state index contributed by atoms with van der Waals surface area (Å²) in [4.78, 5) is 10.4. The van der Waals surface area contributed by atoms with Crippen molar-refractivity contribution in [1.29, 1.82) is 0 Å². The highest BCUT2D eigenvalue weighted by atomic mass is 16.9. The van der Waals surface area contributed by atoms with E-state index in [0.29, 0.717) is 0 Å².